The van der Waals surface area contributed by atoms with Gasteiger partial charge in [-0.05, 0) is 38.1 Å². The summed E-state index contributed by atoms with van der Waals surface area (Å²) < 4.78 is 7.13. The zero-order valence-electron chi connectivity index (χ0n) is 19.1. The van der Waals surface area contributed by atoms with Gasteiger partial charge in [0.25, 0.3) is 0 Å². The second-order valence-corrected chi connectivity index (χ2v) is 8.50. The van der Waals surface area contributed by atoms with E-state index < -0.39 is 5.60 Å². The third-order valence-electron chi connectivity index (χ3n) is 5.29. The van der Waals surface area contributed by atoms with Gasteiger partial charge in [-0.2, -0.15) is 5.10 Å². The molecule has 174 valence electrons. The van der Waals surface area contributed by atoms with E-state index in [0.29, 0.717) is 37.0 Å². The zero-order chi connectivity index (χ0) is 23.4. The molecular weight excluding hydrogens is 422 g/mol. The number of aryl methyl sites for hydroxylation is 1. The molecule has 10 heteroatoms. The first-order valence-electron chi connectivity index (χ1n) is 10.9. The Morgan fingerprint density at radius 3 is 2.55 bits per heavy atom. The molecule has 1 aliphatic rings. The van der Waals surface area contributed by atoms with Crippen molar-refractivity contribution in [1.29, 1.82) is 0 Å². The van der Waals surface area contributed by atoms with Crippen LogP contribution in [0.1, 0.15) is 25.1 Å². The number of amides is 2. The highest BCUT2D eigenvalue weighted by Crippen LogP contribution is 2.27. The fraction of sp³-hybridized carbons (Fsp3) is 0.391. The number of anilines is 2. The van der Waals surface area contributed by atoms with Gasteiger partial charge in [0.2, 0.25) is 0 Å². The lowest BCUT2D eigenvalue weighted by Crippen LogP contribution is -2.37. The van der Waals surface area contributed by atoms with Gasteiger partial charge < -0.3 is 25.4 Å². The lowest BCUT2D eigenvalue weighted by molar-refractivity contribution is 0.0738. The topological polar surface area (TPSA) is 117 Å². The smallest absolute Gasteiger partial charge is 0.319 e. The van der Waals surface area contributed by atoms with Crippen molar-refractivity contribution in [3.63, 3.8) is 0 Å². The minimum atomic E-state index is -1.10. The maximum Gasteiger partial charge on any atom is 0.319 e. The van der Waals surface area contributed by atoms with Gasteiger partial charge in [-0.1, -0.05) is 0 Å². The molecule has 1 saturated heterocycles. The quantitative estimate of drug-likeness (QED) is 0.526. The van der Waals surface area contributed by atoms with Crippen LogP contribution in [0.3, 0.4) is 0 Å². The Hall–Kier alpha value is -3.50. The number of aromatic nitrogens is 4. The molecule has 2 amide bonds. The van der Waals surface area contributed by atoms with Gasteiger partial charge in [0, 0.05) is 55.8 Å². The number of carbonyl (C=O) groups is 1. The Morgan fingerprint density at radius 2 is 1.91 bits per heavy atom. The molecule has 0 radical (unpaired) electrons. The predicted molar refractivity (Wildman–Crippen MR) is 125 cm³/mol. The van der Waals surface area contributed by atoms with Gasteiger partial charge in [0.15, 0.2) is 5.82 Å². The summed E-state index contributed by atoms with van der Waals surface area (Å²) in [6.45, 7) is 6.55. The molecule has 33 heavy (non-hydrogen) atoms. The van der Waals surface area contributed by atoms with Crippen molar-refractivity contribution in [2.24, 2.45) is 7.05 Å². The first-order valence-corrected chi connectivity index (χ1v) is 10.9. The number of rotatable bonds is 6. The molecule has 0 aliphatic carbocycles. The van der Waals surface area contributed by atoms with Gasteiger partial charge in [0.1, 0.15) is 11.4 Å². The van der Waals surface area contributed by atoms with Crippen LogP contribution in [-0.2, 0) is 23.9 Å². The number of urea groups is 1. The van der Waals surface area contributed by atoms with E-state index in [4.69, 9.17) is 9.72 Å². The fourth-order valence-electron chi connectivity index (χ4n) is 3.45. The fourth-order valence-corrected chi connectivity index (χ4v) is 3.45. The minimum absolute atomic E-state index is 0.304. The van der Waals surface area contributed by atoms with E-state index in [2.05, 4.69) is 25.6 Å². The van der Waals surface area contributed by atoms with Crippen LogP contribution in [0.15, 0.2) is 42.7 Å². The van der Waals surface area contributed by atoms with Crippen molar-refractivity contribution in [1.82, 2.24) is 25.1 Å². The minimum Gasteiger partial charge on any atom is -0.384 e. The number of nitrogens with zero attached hydrogens (tertiary/aromatic N) is 5. The van der Waals surface area contributed by atoms with Crippen LogP contribution in [0.4, 0.5) is 16.3 Å². The van der Waals surface area contributed by atoms with E-state index in [1.807, 2.05) is 31.4 Å². The van der Waals surface area contributed by atoms with E-state index >= 15 is 0 Å². The number of aliphatic hydroxyl groups is 1. The molecular formula is C23H29N7O3. The molecule has 0 spiro atoms. The molecule has 0 saturated carbocycles. The highest BCUT2D eigenvalue weighted by molar-refractivity contribution is 5.89. The van der Waals surface area contributed by atoms with Crippen molar-refractivity contribution in [2.45, 2.75) is 26.0 Å². The molecule has 0 atom stereocenters. The monoisotopic (exact) mass is 451 g/mol. The lowest BCUT2D eigenvalue weighted by atomic mass is 10.0. The average molecular weight is 452 g/mol. The number of nitrogens with one attached hydrogen (secondary N) is 2. The molecule has 4 rings (SSSR count). The SMILES string of the molecule is Cn1cc(CNC(=O)Nc2ccc(-c3nc(N4CCOCC4)cc(C(C)(C)O)n3)cc2)cn1. The maximum atomic E-state index is 12.2. The first kappa shape index (κ1) is 22.7. The van der Waals surface area contributed by atoms with Crippen molar-refractivity contribution in [2.75, 3.05) is 36.5 Å². The Labute approximate surface area is 192 Å². The zero-order valence-corrected chi connectivity index (χ0v) is 19.1. The Balaban J connectivity index is 1.48. The summed E-state index contributed by atoms with van der Waals surface area (Å²) in [6, 6.07) is 8.83. The lowest BCUT2D eigenvalue weighted by Gasteiger charge is -2.29. The Bertz CT molecular complexity index is 1100. The van der Waals surface area contributed by atoms with E-state index in [9.17, 15) is 9.90 Å². The second-order valence-electron chi connectivity index (χ2n) is 8.50. The van der Waals surface area contributed by atoms with Gasteiger partial charge in [-0.25, -0.2) is 14.8 Å². The average Bonchev–Trinajstić information content (AvgIpc) is 3.23. The van der Waals surface area contributed by atoms with Crippen LogP contribution in [0.5, 0.6) is 0 Å². The first-order chi connectivity index (χ1) is 15.8. The Morgan fingerprint density at radius 1 is 1.18 bits per heavy atom. The number of ether oxygens (including phenoxy) is 1. The van der Waals surface area contributed by atoms with Gasteiger partial charge >= 0.3 is 6.03 Å². The summed E-state index contributed by atoms with van der Waals surface area (Å²) in [5.41, 5.74) is 1.80. The van der Waals surface area contributed by atoms with Crippen molar-refractivity contribution in [3.05, 3.63) is 54.0 Å². The standard InChI is InChI=1S/C23H29N7O3/c1-23(2,32)19-12-20(30-8-10-33-11-9-30)28-21(27-19)17-4-6-18(7-5-17)26-22(31)24-13-16-14-25-29(3)15-16/h4-7,12,14-15,32H,8-11,13H2,1-3H3,(H2,24,26,31). The van der Waals surface area contributed by atoms with Crippen molar-refractivity contribution >= 4 is 17.5 Å². The molecule has 3 N–H and O–H groups in total. The van der Waals surface area contributed by atoms with Gasteiger partial charge in [0.05, 0.1) is 25.1 Å². The highest BCUT2D eigenvalue weighted by atomic mass is 16.5. The molecule has 0 bridgehead atoms. The number of morpholine rings is 1. The van der Waals surface area contributed by atoms with Crippen LogP contribution in [0, 0.1) is 0 Å². The third-order valence-corrected chi connectivity index (χ3v) is 5.29. The molecule has 2 aromatic heterocycles. The number of benzene rings is 1. The molecule has 3 aromatic rings. The van der Waals surface area contributed by atoms with Crippen molar-refractivity contribution < 1.29 is 14.6 Å². The normalized spacial score (nSPS) is 14.2. The molecule has 3 heterocycles. The van der Waals surface area contributed by atoms with E-state index in [1.54, 1.807) is 36.9 Å². The van der Waals surface area contributed by atoms with E-state index in [-0.39, 0.29) is 6.03 Å². The van der Waals surface area contributed by atoms with Gasteiger partial charge in [-0.3, -0.25) is 4.68 Å². The highest BCUT2D eigenvalue weighted by Gasteiger charge is 2.23. The van der Waals surface area contributed by atoms with Crippen LogP contribution in [0.2, 0.25) is 0 Å². The Kier molecular flexibility index (Phi) is 6.57. The molecule has 0 unspecified atom stereocenters. The van der Waals surface area contributed by atoms with Crippen LogP contribution >= 0.6 is 0 Å². The molecule has 10 nitrogen and oxygen atoms in total. The van der Waals surface area contributed by atoms with Crippen LogP contribution in [-0.4, -0.2) is 57.2 Å². The molecule has 1 fully saturated rings. The van der Waals surface area contributed by atoms with Gasteiger partial charge in [-0.15, -0.1) is 0 Å². The third kappa shape index (κ3) is 5.85. The van der Waals surface area contributed by atoms with Crippen molar-refractivity contribution in [3.8, 4) is 11.4 Å². The summed E-state index contributed by atoms with van der Waals surface area (Å²) in [7, 11) is 1.83. The maximum absolute atomic E-state index is 12.2. The summed E-state index contributed by atoms with van der Waals surface area (Å²) in [5, 5.41) is 20.3. The molecule has 1 aliphatic heterocycles. The van der Waals surface area contributed by atoms with E-state index in [0.717, 1.165) is 30.0 Å². The summed E-state index contributed by atoms with van der Waals surface area (Å²) >= 11 is 0. The summed E-state index contributed by atoms with van der Waals surface area (Å²) in [6.07, 6.45) is 3.56. The van der Waals surface area contributed by atoms with Crippen LogP contribution in [0.25, 0.3) is 11.4 Å². The summed E-state index contributed by atoms with van der Waals surface area (Å²) in [5.74, 6) is 1.28. The molecule has 1 aromatic carbocycles. The number of hydrogen-bond acceptors (Lipinski definition) is 7. The number of hydrogen-bond donors (Lipinski definition) is 3. The number of carbonyl (C=O) groups excluding carboxylic acids is 1. The summed E-state index contributed by atoms with van der Waals surface area (Å²) in [4.78, 5) is 23.7. The second kappa shape index (κ2) is 9.55. The largest absolute Gasteiger partial charge is 0.384 e. The van der Waals surface area contributed by atoms with Crippen LogP contribution < -0.4 is 15.5 Å². The predicted octanol–water partition coefficient (Wildman–Crippen LogP) is 2.26. The van der Waals surface area contributed by atoms with E-state index in [1.165, 1.54) is 0 Å².